The topological polar surface area (TPSA) is 24.5 Å². The van der Waals surface area contributed by atoms with Crippen LogP contribution in [0.2, 0.25) is 0 Å². The summed E-state index contributed by atoms with van der Waals surface area (Å²) < 4.78 is 5.59. The molecule has 0 aliphatic carbocycles. The van der Waals surface area contributed by atoms with Crippen molar-refractivity contribution in [1.82, 2.24) is 10.2 Å². The fourth-order valence-electron chi connectivity index (χ4n) is 3.10. The normalized spacial score (nSPS) is 18.9. The van der Waals surface area contributed by atoms with E-state index in [0.717, 1.165) is 32.2 Å². The summed E-state index contributed by atoms with van der Waals surface area (Å²) in [5, 5.41) is 3.69. The van der Waals surface area contributed by atoms with Crippen LogP contribution in [0.1, 0.15) is 52.9 Å². The molecule has 0 atom stereocenters. The van der Waals surface area contributed by atoms with Gasteiger partial charge in [-0.05, 0) is 50.7 Å². The first-order chi connectivity index (χ1) is 9.58. The minimum atomic E-state index is 0.425. The Hall–Kier alpha value is -0.120. The van der Waals surface area contributed by atoms with Gasteiger partial charge in [-0.3, -0.25) is 0 Å². The van der Waals surface area contributed by atoms with Crippen LogP contribution in [-0.2, 0) is 4.74 Å². The SMILES string of the molecule is CCCCCN(C)CC1(CNCC(C)C)CCOCC1. The third-order valence-electron chi connectivity index (χ3n) is 4.35. The summed E-state index contributed by atoms with van der Waals surface area (Å²) in [6, 6.07) is 0. The Kier molecular flexibility index (Phi) is 8.74. The molecule has 0 aromatic rings. The van der Waals surface area contributed by atoms with Gasteiger partial charge in [0.05, 0.1) is 0 Å². The Morgan fingerprint density at radius 3 is 2.50 bits per heavy atom. The molecule has 0 saturated carbocycles. The highest BCUT2D eigenvalue weighted by atomic mass is 16.5. The van der Waals surface area contributed by atoms with Gasteiger partial charge in [-0.15, -0.1) is 0 Å². The lowest BCUT2D eigenvalue weighted by Gasteiger charge is -2.40. The van der Waals surface area contributed by atoms with Crippen LogP contribution >= 0.6 is 0 Å². The highest BCUT2D eigenvalue weighted by molar-refractivity contribution is 4.86. The zero-order chi connectivity index (χ0) is 14.8. The number of hydrogen-bond acceptors (Lipinski definition) is 3. The highest BCUT2D eigenvalue weighted by Gasteiger charge is 2.33. The average Bonchev–Trinajstić information content (AvgIpc) is 2.39. The van der Waals surface area contributed by atoms with Gasteiger partial charge in [0.15, 0.2) is 0 Å². The van der Waals surface area contributed by atoms with E-state index in [4.69, 9.17) is 4.74 Å². The number of ether oxygens (including phenoxy) is 1. The standard InChI is InChI=1S/C17H36N2O/c1-5-6-7-10-19(4)15-17(8-11-20-12-9-17)14-18-13-16(2)3/h16,18H,5-15H2,1-4H3. The first-order valence-electron chi connectivity index (χ1n) is 8.55. The molecule has 1 N–H and O–H groups in total. The van der Waals surface area contributed by atoms with Gasteiger partial charge in [0.25, 0.3) is 0 Å². The molecule has 20 heavy (non-hydrogen) atoms. The zero-order valence-electron chi connectivity index (χ0n) is 14.2. The Labute approximate surface area is 126 Å². The molecule has 1 rings (SSSR count). The van der Waals surface area contributed by atoms with Gasteiger partial charge in [-0.25, -0.2) is 0 Å². The molecule has 0 aromatic carbocycles. The van der Waals surface area contributed by atoms with Gasteiger partial charge in [-0.1, -0.05) is 33.6 Å². The van der Waals surface area contributed by atoms with Crippen molar-refractivity contribution >= 4 is 0 Å². The summed E-state index contributed by atoms with van der Waals surface area (Å²) in [5.74, 6) is 0.731. The van der Waals surface area contributed by atoms with Crippen molar-refractivity contribution in [2.45, 2.75) is 52.9 Å². The molecule has 1 saturated heterocycles. The molecule has 1 aliphatic heterocycles. The van der Waals surface area contributed by atoms with Gasteiger partial charge in [0.2, 0.25) is 0 Å². The van der Waals surface area contributed by atoms with Crippen LogP contribution < -0.4 is 5.32 Å². The second-order valence-corrected chi connectivity index (χ2v) is 7.08. The summed E-state index contributed by atoms with van der Waals surface area (Å²) in [7, 11) is 2.29. The van der Waals surface area contributed by atoms with Gasteiger partial charge in [0, 0.05) is 26.3 Å². The summed E-state index contributed by atoms with van der Waals surface area (Å²) in [6.45, 7) is 13.4. The van der Waals surface area contributed by atoms with Crippen molar-refractivity contribution < 1.29 is 4.74 Å². The lowest BCUT2D eigenvalue weighted by molar-refractivity contribution is -0.000954. The quantitative estimate of drug-likeness (QED) is 0.624. The summed E-state index contributed by atoms with van der Waals surface area (Å²) >= 11 is 0. The van der Waals surface area contributed by atoms with Crippen molar-refractivity contribution in [3.05, 3.63) is 0 Å². The van der Waals surface area contributed by atoms with Crippen molar-refractivity contribution in [2.75, 3.05) is 46.4 Å². The van der Waals surface area contributed by atoms with Crippen LogP contribution in [0.15, 0.2) is 0 Å². The van der Waals surface area contributed by atoms with Crippen molar-refractivity contribution in [2.24, 2.45) is 11.3 Å². The lowest BCUT2D eigenvalue weighted by Crippen LogP contribution is -2.47. The first kappa shape index (κ1) is 17.9. The molecular weight excluding hydrogens is 248 g/mol. The number of rotatable bonds is 10. The largest absolute Gasteiger partial charge is 0.381 e. The second kappa shape index (κ2) is 9.75. The molecule has 3 nitrogen and oxygen atoms in total. The van der Waals surface area contributed by atoms with E-state index in [9.17, 15) is 0 Å². The summed E-state index contributed by atoms with van der Waals surface area (Å²) in [4.78, 5) is 2.54. The molecule has 0 aromatic heterocycles. The van der Waals surface area contributed by atoms with E-state index in [1.54, 1.807) is 0 Å². The zero-order valence-corrected chi connectivity index (χ0v) is 14.2. The highest BCUT2D eigenvalue weighted by Crippen LogP contribution is 2.30. The molecule has 0 spiro atoms. The van der Waals surface area contributed by atoms with Crippen LogP contribution in [0.5, 0.6) is 0 Å². The Bertz CT molecular complexity index is 237. The van der Waals surface area contributed by atoms with E-state index in [0.29, 0.717) is 5.41 Å². The third-order valence-corrected chi connectivity index (χ3v) is 4.35. The Morgan fingerprint density at radius 1 is 1.20 bits per heavy atom. The molecule has 0 radical (unpaired) electrons. The molecule has 1 fully saturated rings. The van der Waals surface area contributed by atoms with Gasteiger partial charge in [0.1, 0.15) is 0 Å². The fourth-order valence-corrected chi connectivity index (χ4v) is 3.10. The van der Waals surface area contributed by atoms with E-state index < -0.39 is 0 Å². The molecule has 0 amide bonds. The number of nitrogens with one attached hydrogen (secondary N) is 1. The molecular formula is C17H36N2O. The predicted octanol–water partition coefficient (Wildman–Crippen LogP) is 3.15. The maximum atomic E-state index is 5.59. The monoisotopic (exact) mass is 284 g/mol. The van der Waals surface area contributed by atoms with Crippen LogP contribution in [-0.4, -0.2) is 51.3 Å². The predicted molar refractivity (Wildman–Crippen MR) is 87.2 cm³/mol. The molecule has 3 heteroatoms. The minimum Gasteiger partial charge on any atom is -0.381 e. The van der Waals surface area contributed by atoms with Crippen molar-refractivity contribution in [1.29, 1.82) is 0 Å². The number of nitrogens with zero attached hydrogens (tertiary/aromatic N) is 1. The Morgan fingerprint density at radius 2 is 1.90 bits per heavy atom. The van der Waals surface area contributed by atoms with Gasteiger partial charge >= 0.3 is 0 Å². The van der Waals surface area contributed by atoms with E-state index >= 15 is 0 Å². The van der Waals surface area contributed by atoms with Crippen LogP contribution in [0, 0.1) is 11.3 Å². The fraction of sp³-hybridized carbons (Fsp3) is 1.00. The first-order valence-corrected chi connectivity index (χ1v) is 8.55. The van der Waals surface area contributed by atoms with Crippen LogP contribution in [0.3, 0.4) is 0 Å². The van der Waals surface area contributed by atoms with Gasteiger partial charge < -0.3 is 15.0 Å². The lowest BCUT2D eigenvalue weighted by atomic mass is 9.79. The minimum absolute atomic E-state index is 0.425. The molecule has 0 unspecified atom stereocenters. The van der Waals surface area contributed by atoms with E-state index in [2.05, 4.69) is 38.0 Å². The molecule has 120 valence electrons. The Balaban J connectivity index is 2.41. The van der Waals surface area contributed by atoms with E-state index in [1.807, 2.05) is 0 Å². The van der Waals surface area contributed by atoms with Crippen molar-refractivity contribution in [3.8, 4) is 0 Å². The molecule has 1 aliphatic rings. The maximum absolute atomic E-state index is 5.59. The van der Waals surface area contributed by atoms with E-state index in [-0.39, 0.29) is 0 Å². The smallest absolute Gasteiger partial charge is 0.0472 e. The summed E-state index contributed by atoms with van der Waals surface area (Å²) in [5.41, 5.74) is 0.425. The summed E-state index contributed by atoms with van der Waals surface area (Å²) in [6.07, 6.45) is 6.40. The molecule has 0 bridgehead atoms. The third kappa shape index (κ3) is 7.05. The van der Waals surface area contributed by atoms with Crippen LogP contribution in [0.4, 0.5) is 0 Å². The molecule has 1 heterocycles. The number of hydrogen-bond donors (Lipinski definition) is 1. The van der Waals surface area contributed by atoms with Gasteiger partial charge in [-0.2, -0.15) is 0 Å². The van der Waals surface area contributed by atoms with Crippen LogP contribution in [0.25, 0.3) is 0 Å². The number of unbranched alkanes of at least 4 members (excludes halogenated alkanes) is 2. The van der Waals surface area contributed by atoms with Crippen molar-refractivity contribution in [3.63, 3.8) is 0 Å². The second-order valence-electron chi connectivity index (χ2n) is 7.08. The average molecular weight is 284 g/mol. The van der Waals surface area contributed by atoms with E-state index in [1.165, 1.54) is 45.2 Å². The maximum Gasteiger partial charge on any atom is 0.0472 e.